The summed E-state index contributed by atoms with van der Waals surface area (Å²) in [4.78, 5) is 13.7. The number of fused-ring (bicyclic) bond motifs is 1. The molecule has 0 saturated carbocycles. The average molecular weight is 232 g/mol. The minimum atomic E-state index is 0.129. The monoisotopic (exact) mass is 232 g/mol. The summed E-state index contributed by atoms with van der Waals surface area (Å²) in [6, 6.07) is 8.60. The van der Waals surface area contributed by atoms with Gasteiger partial charge >= 0.3 is 0 Å². The van der Waals surface area contributed by atoms with Crippen LogP contribution in [0.2, 0.25) is 0 Å². The Kier molecular flexibility index (Phi) is 2.61. The fourth-order valence-electron chi connectivity index (χ4n) is 2.41. The van der Waals surface area contributed by atoms with E-state index < -0.39 is 0 Å². The lowest BCUT2D eigenvalue weighted by Gasteiger charge is -2.36. The second-order valence-electron chi connectivity index (χ2n) is 4.67. The number of benzene rings is 1. The van der Waals surface area contributed by atoms with Crippen molar-refractivity contribution < 1.29 is 9.53 Å². The van der Waals surface area contributed by atoms with Crippen LogP contribution in [0.15, 0.2) is 24.3 Å². The van der Waals surface area contributed by atoms with E-state index in [0.717, 1.165) is 18.9 Å². The number of carbonyl (C=O) groups is 1. The summed E-state index contributed by atoms with van der Waals surface area (Å²) in [7, 11) is 1.84. The Hall–Kier alpha value is -1.39. The van der Waals surface area contributed by atoms with E-state index in [2.05, 4.69) is 11.4 Å². The van der Waals surface area contributed by atoms with Crippen LogP contribution in [0.25, 0.3) is 0 Å². The maximum absolute atomic E-state index is 11.9. The first-order valence-electron chi connectivity index (χ1n) is 5.95. The summed E-state index contributed by atoms with van der Waals surface area (Å²) in [5.74, 6) is 0.168. The molecule has 4 heteroatoms. The van der Waals surface area contributed by atoms with Gasteiger partial charge in [0.05, 0.1) is 19.3 Å². The van der Waals surface area contributed by atoms with Gasteiger partial charge in [-0.05, 0) is 11.6 Å². The zero-order valence-electron chi connectivity index (χ0n) is 9.85. The number of anilines is 1. The molecule has 1 fully saturated rings. The molecule has 0 aliphatic carbocycles. The molecule has 0 bridgehead atoms. The van der Waals surface area contributed by atoms with Crippen molar-refractivity contribution >= 4 is 11.6 Å². The van der Waals surface area contributed by atoms with E-state index in [4.69, 9.17) is 4.74 Å². The highest BCUT2D eigenvalue weighted by Gasteiger charge is 2.31. The summed E-state index contributed by atoms with van der Waals surface area (Å²) in [6.07, 6.45) is 0.532. The number of nitrogens with one attached hydrogen (secondary N) is 1. The van der Waals surface area contributed by atoms with E-state index in [1.165, 1.54) is 5.56 Å². The quantitative estimate of drug-likeness (QED) is 0.829. The average Bonchev–Trinajstić information content (AvgIpc) is 2.30. The van der Waals surface area contributed by atoms with Gasteiger partial charge in [-0.2, -0.15) is 0 Å². The van der Waals surface area contributed by atoms with Crippen LogP contribution in [0.1, 0.15) is 18.0 Å². The van der Waals surface area contributed by atoms with Crippen molar-refractivity contribution in [3.05, 3.63) is 29.8 Å². The standard InChI is InChI=1S/C13H16N2O2/c1-15-12-5-3-2-4-10(12)11(6-13(15)16)14-9-7-17-8-9/h2-5,9,11,14H,6-8H2,1H3. The van der Waals surface area contributed by atoms with Crippen molar-refractivity contribution in [1.82, 2.24) is 5.32 Å². The maximum Gasteiger partial charge on any atom is 0.228 e. The molecule has 0 spiro atoms. The van der Waals surface area contributed by atoms with E-state index in [-0.39, 0.29) is 11.9 Å². The van der Waals surface area contributed by atoms with E-state index in [1.807, 2.05) is 25.2 Å². The first-order chi connectivity index (χ1) is 8.25. The van der Waals surface area contributed by atoms with Gasteiger partial charge in [-0.25, -0.2) is 0 Å². The zero-order chi connectivity index (χ0) is 11.8. The first kappa shape index (κ1) is 10.7. The van der Waals surface area contributed by atoms with Gasteiger partial charge in [0.25, 0.3) is 0 Å². The Morgan fingerprint density at radius 1 is 1.35 bits per heavy atom. The Labute approximate surface area is 101 Å². The molecule has 1 amide bonds. The molecule has 1 unspecified atom stereocenters. The normalized spacial score (nSPS) is 24.4. The third kappa shape index (κ3) is 1.83. The number of hydrogen-bond donors (Lipinski definition) is 1. The fourth-order valence-corrected chi connectivity index (χ4v) is 2.41. The predicted octanol–water partition coefficient (Wildman–Crippen LogP) is 1.08. The van der Waals surface area contributed by atoms with Gasteiger partial charge in [-0.1, -0.05) is 18.2 Å². The van der Waals surface area contributed by atoms with Crippen molar-refractivity contribution in [2.24, 2.45) is 0 Å². The third-order valence-corrected chi connectivity index (χ3v) is 3.50. The van der Waals surface area contributed by atoms with E-state index in [0.29, 0.717) is 12.5 Å². The minimum Gasteiger partial charge on any atom is -0.378 e. The Morgan fingerprint density at radius 2 is 2.12 bits per heavy atom. The summed E-state index contributed by atoms with van der Waals surface area (Å²) in [6.45, 7) is 1.51. The molecule has 1 saturated heterocycles. The van der Waals surface area contributed by atoms with Crippen LogP contribution in [0.4, 0.5) is 5.69 Å². The predicted molar refractivity (Wildman–Crippen MR) is 65.0 cm³/mol. The number of rotatable bonds is 2. The molecule has 1 aromatic carbocycles. The van der Waals surface area contributed by atoms with Crippen LogP contribution in [0, 0.1) is 0 Å². The Bertz CT molecular complexity index is 443. The smallest absolute Gasteiger partial charge is 0.228 e. The lowest BCUT2D eigenvalue weighted by molar-refractivity contribution is -0.119. The summed E-state index contributed by atoms with van der Waals surface area (Å²) in [5.41, 5.74) is 2.22. The van der Waals surface area contributed by atoms with E-state index >= 15 is 0 Å². The van der Waals surface area contributed by atoms with Crippen LogP contribution in [0.3, 0.4) is 0 Å². The number of nitrogens with zero attached hydrogens (tertiary/aromatic N) is 1. The molecule has 1 N–H and O–H groups in total. The number of hydrogen-bond acceptors (Lipinski definition) is 3. The Balaban J connectivity index is 1.89. The van der Waals surface area contributed by atoms with Crippen molar-refractivity contribution in [2.45, 2.75) is 18.5 Å². The van der Waals surface area contributed by atoms with Crippen molar-refractivity contribution in [2.75, 3.05) is 25.2 Å². The van der Waals surface area contributed by atoms with Crippen LogP contribution in [-0.4, -0.2) is 32.2 Å². The maximum atomic E-state index is 11.9. The lowest BCUT2D eigenvalue weighted by Crippen LogP contribution is -2.49. The van der Waals surface area contributed by atoms with Gasteiger partial charge in [0.2, 0.25) is 5.91 Å². The molecular formula is C13H16N2O2. The van der Waals surface area contributed by atoms with E-state index in [1.54, 1.807) is 4.90 Å². The van der Waals surface area contributed by atoms with Crippen molar-refractivity contribution in [1.29, 1.82) is 0 Å². The van der Waals surface area contributed by atoms with Gasteiger partial charge < -0.3 is 15.0 Å². The van der Waals surface area contributed by atoms with E-state index in [9.17, 15) is 4.79 Å². The molecule has 2 aliphatic heterocycles. The molecule has 0 radical (unpaired) electrons. The van der Waals surface area contributed by atoms with Crippen LogP contribution in [-0.2, 0) is 9.53 Å². The Morgan fingerprint density at radius 3 is 2.82 bits per heavy atom. The number of ether oxygens (including phenoxy) is 1. The summed E-state index contributed by atoms with van der Waals surface area (Å²) < 4.78 is 5.15. The molecule has 17 heavy (non-hydrogen) atoms. The molecule has 2 heterocycles. The molecule has 1 aromatic rings. The summed E-state index contributed by atoms with van der Waals surface area (Å²) >= 11 is 0. The van der Waals surface area contributed by atoms with Crippen LogP contribution < -0.4 is 10.2 Å². The first-order valence-corrected chi connectivity index (χ1v) is 5.95. The molecule has 4 nitrogen and oxygen atoms in total. The van der Waals surface area contributed by atoms with Crippen LogP contribution in [0.5, 0.6) is 0 Å². The highest BCUT2D eigenvalue weighted by Crippen LogP contribution is 2.33. The number of para-hydroxylation sites is 1. The molecule has 90 valence electrons. The second-order valence-corrected chi connectivity index (χ2v) is 4.67. The SMILES string of the molecule is CN1C(=O)CC(NC2COC2)c2ccccc21. The third-order valence-electron chi connectivity index (χ3n) is 3.50. The number of carbonyl (C=O) groups excluding carboxylic acids is 1. The van der Waals surface area contributed by atoms with Crippen molar-refractivity contribution in [3.8, 4) is 0 Å². The zero-order valence-corrected chi connectivity index (χ0v) is 9.85. The molecule has 2 aliphatic rings. The minimum absolute atomic E-state index is 0.129. The van der Waals surface area contributed by atoms with Crippen LogP contribution >= 0.6 is 0 Å². The molecular weight excluding hydrogens is 216 g/mol. The fraction of sp³-hybridized carbons (Fsp3) is 0.462. The highest BCUT2D eigenvalue weighted by molar-refractivity contribution is 5.96. The molecule has 1 atom stereocenters. The largest absolute Gasteiger partial charge is 0.378 e. The topological polar surface area (TPSA) is 41.6 Å². The van der Waals surface area contributed by atoms with Gasteiger partial charge in [-0.3, -0.25) is 4.79 Å². The molecule has 0 aromatic heterocycles. The molecule has 3 rings (SSSR count). The second kappa shape index (κ2) is 4.13. The van der Waals surface area contributed by atoms with Gasteiger partial charge in [0.15, 0.2) is 0 Å². The lowest BCUT2D eigenvalue weighted by atomic mass is 9.95. The highest BCUT2D eigenvalue weighted by atomic mass is 16.5. The van der Waals surface area contributed by atoms with Gasteiger partial charge in [-0.15, -0.1) is 0 Å². The number of amides is 1. The van der Waals surface area contributed by atoms with Gasteiger partial charge in [0, 0.05) is 25.2 Å². The summed E-state index contributed by atoms with van der Waals surface area (Å²) in [5, 5.41) is 3.49. The van der Waals surface area contributed by atoms with Crippen molar-refractivity contribution in [3.63, 3.8) is 0 Å². The van der Waals surface area contributed by atoms with Gasteiger partial charge in [0.1, 0.15) is 0 Å².